The van der Waals surface area contributed by atoms with E-state index in [1.807, 2.05) is 48.5 Å². The van der Waals surface area contributed by atoms with Gasteiger partial charge in [-0.05, 0) is 36.4 Å². The molecule has 28 heavy (non-hydrogen) atoms. The summed E-state index contributed by atoms with van der Waals surface area (Å²) in [7, 11) is 0. The molecule has 0 saturated carbocycles. The maximum atomic E-state index is 11.4. The molecule has 0 spiro atoms. The van der Waals surface area contributed by atoms with Gasteiger partial charge in [0.05, 0.1) is 15.1 Å². The average molecular weight is 390 g/mol. The predicted molar refractivity (Wildman–Crippen MR) is 110 cm³/mol. The Morgan fingerprint density at radius 1 is 1.07 bits per heavy atom. The first kappa shape index (κ1) is 17.6. The zero-order valence-electron chi connectivity index (χ0n) is 14.5. The first-order valence-electron chi connectivity index (χ1n) is 8.32. The van der Waals surface area contributed by atoms with Gasteiger partial charge in [-0.25, -0.2) is 4.98 Å². The van der Waals surface area contributed by atoms with Crippen LogP contribution in [0.2, 0.25) is 0 Å². The number of carbonyl (C=O) groups is 1. The van der Waals surface area contributed by atoms with Crippen LogP contribution in [-0.2, 0) is 0 Å². The molecule has 0 saturated heterocycles. The van der Waals surface area contributed by atoms with E-state index in [9.17, 15) is 14.9 Å². The zero-order chi connectivity index (χ0) is 19.7. The van der Waals surface area contributed by atoms with Crippen LogP contribution in [0.3, 0.4) is 0 Å². The van der Waals surface area contributed by atoms with Crippen LogP contribution in [0.4, 0.5) is 17.1 Å². The first-order valence-corrected chi connectivity index (χ1v) is 9.14. The van der Waals surface area contributed by atoms with Crippen LogP contribution in [-0.4, -0.2) is 15.8 Å². The summed E-state index contributed by atoms with van der Waals surface area (Å²) < 4.78 is 1.09. The fourth-order valence-electron chi connectivity index (χ4n) is 2.82. The Bertz CT molecular complexity index is 1190. The van der Waals surface area contributed by atoms with E-state index < -0.39 is 10.8 Å². The van der Waals surface area contributed by atoms with Crippen LogP contribution in [0.15, 0.2) is 66.7 Å². The Balaban J connectivity index is 1.69. The molecule has 4 aromatic rings. The lowest BCUT2D eigenvalue weighted by Gasteiger charge is -2.09. The maximum Gasteiger partial charge on any atom is 0.293 e. The van der Waals surface area contributed by atoms with Crippen LogP contribution >= 0.6 is 11.3 Å². The summed E-state index contributed by atoms with van der Waals surface area (Å²) in [6.45, 7) is 0. The number of hydrogen-bond donors (Lipinski definition) is 2. The molecule has 4 rings (SSSR count). The monoisotopic (exact) mass is 390 g/mol. The Morgan fingerprint density at radius 3 is 2.64 bits per heavy atom. The SMILES string of the molecule is NC(=O)c1ccc(Nc2cccc(-c3nc4ccccc4s3)c2)c([N+](=O)[O-])c1. The van der Waals surface area contributed by atoms with Gasteiger partial charge >= 0.3 is 0 Å². The number of thiazole rings is 1. The summed E-state index contributed by atoms with van der Waals surface area (Å²) in [6, 6.07) is 19.5. The van der Waals surface area contributed by atoms with Gasteiger partial charge in [-0.3, -0.25) is 14.9 Å². The van der Waals surface area contributed by atoms with Gasteiger partial charge < -0.3 is 11.1 Å². The molecular formula is C20H14N4O3S. The highest BCUT2D eigenvalue weighted by Gasteiger charge is 2.17. The third-order valence-corrected chi connectivity index (χ3v) is 5.25. The second kappa shape index (κ2) is 7.09. The molecule has 0 unspecified atom stereocenters. The highest BCUT2D eigenvalue weighted by molar-refractivity contribution is 7.21. The minimum Gasteiger partial charge on any atom is -0.366 e. The summed E-state index contributed by atoms with van der Waals surface area (Å²) in [5, 5.41) is 15.3. The molecule has 1 aromatic heterocycles. The number of nitrogens with two attached hydrogens (primary N) is 1. The van der Waals surface area contributed by atoms with E-state index >= 15 is 0 Å². The minimum absolute atomic E-state index is 0.0838. The number of anilines is 2. The summed E-state index contributed by atoms with van der Waals surface area (Å²) in [4.78, 5) is 26.8. The maximum absolute atomic E-state index is 11.4. The minimum atomic E-state index is -0.715. The molecule has 0 aliphatic rings. The number of amides is 1. The lowest BCUT2D eigenvalue weighted by atomic mass is 10.1. The Morgan fingerprint density at radius 2 is 1.89 bits per heavy atom. The van der Waals surface area contributed by atoms with Crippen molar-refractivity contribution in [3.8, 4) is 10.6 Å². The number of aromatic nitrogens is 1. The van der Waals surface area contributed by atoms with Gasteiger partial charge in [0, 0.05) is 22.9 Å². The van der Waals surface area contributed by atoms with E-state index in [2.05, 4.69) is 10.3 Å². The van der Waals surface area contributed by atoms with Gasteiger partial charge in [-0.1, -0.05) is 24.3 Å². The molecule has 3 N–H and O–H groups in total. The van der Waals surface area contributed by atoms with Crippen molar-refractivity contribution in [2.24, 2.45) is 5.73 Å². The van der Waals surface area contributed by atoms with Gasteiger partial charge in [0.25, 0.3) is 5.69 Å². The second-order valence-corrected chi connectivity index (χ2v) is 7.08. The molecule has 0 aliphatic heterocycles. The lowest BCUT2D eigenvalue weighted by molar-refractivity contribution is -0.383. The molecule has 1 amide bonds. The standard InChI is InChI=1S/C20H14N4O3S/c21-19(25)12-8-9-15(17(11-12)24(26)27)22-14-5-3-4-13(10-14)20-23-16-6-1-2-7-18(16)28-20/h1-11,22H,(H2,21,25). The second-order valence-electron chi connectivity index (χ2n) is 6.05. The highest BCUT2D eigenvalue weighted by Crippen LogP contribution is 2.33. The summed E-state index contributed by atoms with van der Waals surface area (Å²) in [6.07, 6.45) is 0. The number of carbonyl (C=O) groups excluding carboxylic acids is 1. The van der Waals surface area contributed by atoms with Crippen molar-refractivity contribution in [3.05, 3.63) is 82.4 Å². The quantitative estimate of drug-likeness (QED) is 0.378. The number of primary amides is 1. The molecule has 0 fully saturated rings. The van der Waals surface area contributed by atoms with Gasteiger partial charge in [0.2, 0.25) is 5.91 Å². The van der Waals surface area contributed by atoms with Crippen molar-refractivity contribution in [1.29, 1.82) is 0 Å². The van der Waals surface area contributed by atoms with Crippen LogP contribution in [0.25, 0.3) is 20.8 Å². The molecule has 0 radical (unpaired) electrons. The van der Waals surface area contributed by atoms with E-state index in [0.29, 0.717) is 5.69 Å². The predicted octanol–water partition coefficient (Wildman–Crippen LogP) is 4.71. The highest BCUT2D eigenvalue weighted by atomic mass is 32.1. The molecule has 3 aromatic carbocycles. The lowest BCUT2D eigenvalue weighted by Crippen LogP contribution is -2.11. The van der Waals surface area contributed by atoms with Crippen LogP contribution in [0.1, 0.15) is 10.4 Å². The van der Waals surface area contributed by atoms with Crippen LogP contribution in [0, 0.1) is 10.1 Å². The Kier molecular flexibility index (Phi) is 4.46. The van der Waals surface area contributed by atoms with Crippen molar-refractivity contribution in [2.45, 2.75) is 0 Å². The van der Waals surface area contributed by atoms with Gasteiger partial charge in [0.15, 0.2) is 0 Å². The van der Waals surface area contributed by atoms with Gasteiger partial charge in [0.1, 0.15) is 10.7 Å². The molecule has 8 heteroatoms. The van der Waals surface area contributed by atoms with Crippen molar-refractivity contribution in [1.82, 2.24) is 4.98 Å². The number of nitro benzene ring substituents is 1. The van der Waals surface area contributed by atoms with Gasteiger partial charge in [-0.2, -0.15) is 0 Å². The van der Waals surface area contributed by atoms with Crippen LogP contribution in [0.5, 0.6) is 0 Å². The van der Waals surface area contributed by atoms with Crippen LogP contribution < -0.4 is 11.1 Å². The van der Waals surface area contributed by atoms with E-state index in [1.165, 1.54) is 18.2 Å². The molecule has 1 heterocycles. The van der Waals surface area contributed by atoms with Crippen molar-refractivity contribution >= 4 is 44.5 Å². The summed E-state index contributed by atoms with van der Waals surface area (Å²) >= 11 is 1.58. The molecular weight excluding hydrogens is 376 g/mol. The zero-order valence-corrected chi connectivity index (χ0v) is 15.3. The smallest absolute Gasteiger partial charge is 0.293 e. The fraction of sp³-hybridized carbons (Fsp3) is 0. The number of nitrogens with zero attached hydrogens (tertiary/aromatic N) is 2. The topological polar surface area (TPSA) is 111 Å². The van der Waals surface area contributed by atoms with E-state index in [1.54, 1.807) is 11.3 Å². The molecule has 7 nitrogen and oxygen atoms in total. The number of para-hydroxylation sites is 1. The fourth-order valence-corrected chi connectivity index (χ4v) is 3.78. The number of benzene rings is 3. The molecule has 0 aliphatic carbocycles. The van der Waals surface area contributed by atoms with E-state index in [-0.39, 0.29) is 16.9 Å². The van der Waals surface area contributed by atoms with Crippen molar-refractivity contribution < 1.29 is 9.72 Å². The molecule has 0 bridgehead atoms. The number of rotatable bonds is 5. The number of nitro groups is 1. The molecule has 138 valence electrons. The van der Waals surface area contributed by atoms with Gasteiger partial charge in [-0.15, -0.1) is 11.3 Å². The van der Waals surface area contributed by atoms with E-state index in [0.717, 1.165) is 20.8 Å². The first-order chi connectivity index (χ1) is 13.5. The number of nitrogens with one attached hydrogen (secondary N) is 1. The molecule has 0 atom stereocenters. The summed E-state index contributed by atoms with van der Waals surface area (Å²) in [5.74, 6) is -0.715. The summed E-state index contributed by atoms with van der Waals surface area (Å²) in [5.41, 5.74) is 7.86. The Hall–Kier alpha value is -3.78. The third-order valence-electron chi connectivity index (χ3n) is 4.16. The average Bonchev–Trinajstić information content (AvgIpc) is 3.12. The number of hydrogen-bond acceptors (Lipinski definition) is 6. The third kappa shape index (κ3) is 3.40. The normalized spacial score (nSPS) is 10.7. The number of fused-ring (bicyclic) bond motifs is 1. The Labute approximate surface area is 163 Å². The largest absolute Gasteiger partial charge is 0.366 e. The van der Waals surface area contributed by atoms with Crippen molar-refractivity contribution in [3.63, 3.8) is 0 Å². The van der Waals surface area contributed by atoms with Crippen molar-refractivity contribution in [2.75, 3.05) is 5.32 Å². The van der Waals surface area contributed by atoms with E-state index in [4.69, 9.17) is 5.73 Å².